The van der Waals surface area contributed by atoms with Crippen molar-refractivity contribution >= 4 is 34.4 Å². The maximum atomic E-state index is 13.0. The van der Waals surface area contributed by atoms with Gasteiger partial charge in [0, 0.05) is 36.3 Å². The highest BCUT2D eigenvalue weighted by atomic mass is 35.5. The van der Waals surface area contributed by atoms with Crippen molar-refractivity contribution in [3.8, 4) is 0 Å². The maximum Gasteiger partial charge on any atom is 0.222 e. The van der Waals surface area contributed by atoms with Crippen LogP contribution >= 0.6 is 11.6 Å². The Morgan fingerprint density at radius 2 is 1.97 bits per heavy atom. The molecule has 1 unspecified atom stereocenters. The molecule has 1 aliphatic heterocycles. The SMILES string of the molecule is CN(C)CCC(NC(=O)CC1(N)CCN(c2ncnc3[nH]ccc23)CC1)c1ccc(Cl)cc1. The average Bonchev–Trinajstić information content (AvgIpc) is 3.26. The number of fused-ring (bicyclic) bond motifs is 1. The van der Waals surface area contributed by atoms with Crippen LogP contribution in [0.25, 0.3) is 11.0 Å². The number of carbonyl (C=O) groups excluding carboxylic acids is 1. The van der Waals surface area contributed by atoms with E-state index in [2.05, 4.69) is 30.1 Å². The van der Waals surface area contributed by atoms with Crippen LogP contribution < -0.4 is 16.0 Å². The average molecular weight is 470 g/mol. The van der Waals surface area contributed by atoms with Crippen molar-refractivity contribution in [2.45, 2.75) is 37.3 Å². The topological polar surface area (TPSA) is 103 Å². The van der Waals surface area contributed by atoms with E-state index < -0.39 is 5.54 Å². The number of carbonyl (C=O) groups is 1. The van der Waals surface area contributed by atoms with Gasteiger partial charge in [0.2, 0.25) is 5.91 Å². The number of hydrogen-bond donors (Lipinski definition) is 3. The number of hydrogen-bond acceptors (Lipinski definition) is 6. The first-order valence-corrected chi connectivity index (χ1v) is 11.7. The molecule has 4 N–H and O–H groups in total. The second-order valence-electron chi connectivity index (χ2n) is 9.23. The van der Waals surface area contributed by atoms with Crippen LogP contribution in [0.5, 0.6) is 0 Å². The Balaban J connectivity index is 1.37. The van der Waals surface area contributed by atoms with E-state index in [-0.39, 0.29) is 11.9 Å². The van der Waals surface area contributed by atoms with Crippen LogP contribution in [0.15, 0.2) is 42.9 Å². The van der Waals surface area contributed by atoms with Crippen LogP contribution in [0.2, 0.25) is 5.02 Å². The Labute approximate surface area is 199 Å². The molecule has 0 bridgehead atoms. The van der Waals surface area contributed by atoms with Crippen LogP contribution in [-0.4, -0.2) is 65.0 Å². The van der Waals surface area contributed by atoms with Gasteiger partial charge in [-0.25, -0.2) is 9.97 Å². The van der Waals surface area contributed by atoms with Crippen molar-refractivity contribution in [2.75, 3.05) is 38.6 Å². The van der Waals surface area contributed by atoms with Crippen molar-refractivity contribution < 1.29 is 4.79 Å². The minimum absolute atomic E-state index is 0.0142. The fourth-order valence-corrected chi connectivity index (χ4v) is 4.55. The molecule has 1 saturated heterocycles. The summed E-state index contributed by atoms with van der Waals surface area (Å²) in [6.07, 6.45) is 6.01. The zero-order chi connectivity index (χ0) is 23.4. The number of nitrogens with two attached hydrogens (primary N) is 1. The predicted molar refractivity (Wildman–Crippen MR) is 132 cm³/mol. The number of rotatable bonds is 8. The molecular weight excluding hydrogens is 438 g/mol. The highest BCUT2D eigenvalue weighted by Gasteiger charge is 2.34. The maximum absolute atomic E-state index is 13.0. The largest absolute Gasteiger partial charge is 0.356 e. The van der Waals surface area contributed by atoms with Crippen LogP contribution in [-0.2, 0) is 4.79 Å². The van der Waals surface area contributed by atoms with Gasteiger partial charge in [0.25, 0.3) is 0 Å². The van der Waals surface area contributed by atoms with E-state index in [1.54, 1.807) is 6.33 Å². The summed E-state index contributed by atoms with van der Waals surface area (Å²) >= 11 is 6.05. The molecule has 1 aromatic carbocycles. The molecule has 1 atom stereocenters. The lowest BCUT2D eigenvalue weighted by Crippen LogP contribution is -2.53. The number of anilines is 1. The molecule has 1 amide bonds. The molecule has 0 saturated carbocycles. The van der Waals surface area contributed by atoms with E-state index in [4.69, 9.17) is 17.3 Å². The number of nitrogens with one attached hydrogen (secondary N) is 2. The number of nitrogens with zero attached hydrogens (tertiary/aromatic N) is 4. The summed E-state index contributed by atoms with van der Waals surface area (Å²) in [5.74, 6) is 0.902. The van der Waals surface area contributed by atoms with Gasteiger partial charge in [-0.15, -0.1) is 0 Å². The van der Waals surface area contributed by atoms with Crippen LogP contribution in [0.1, 0.15) is 37.3 Å². The lowest BCUT2D eigenvalue weighted by Gasteiger charge is -2.39. The van der Waals surface area contributed by atoms with Gasteiger partial charge in [0.1, 0.15) is 17.8 Å². The second-order valence-corrected chi connectivity index (χ2v) is 9.66. The quantitative estimate of drug-likeness (QED) is 0.468. The number of benzene rings is 1. The highest BCUT2D eigenvalue weighted by Crippen LogP contribution is 2.30. The monoisotopic (exact) mass is 469 g/mol. The number of halogens is 1. The van der Waals surface area contributed by atoms with Crippen LogP contribution in [0.3, 0.4) is 0 Å². The molecule has 0 aliphatic carbocycles. The van der Waals surface area contributed by atoms with Crippen LogP contribution in [0, 0.1) is 0 Å². The van der Waals surface area contributed by atoms with Gasteiger partial charge in [0.15, 0.2) is 0 Å². The van der Waals surface area contributed by atoms with Crippen molar-refractivity contribution in [1.29, 1.82) is 0 Å². The lowest BCUT2D eigenvalue weighted by atomic mass is 9.85. The number of piperidine rings is 1. The van der Waals surface area contributed by atoms with E-state index >= 15 is 0 Å². The molecule has 0 radical (unpaired) electrons. The minimum atomic E-state index is -0.531. The molecular formula is C24H32ClN7O. The Morgan fingerprint density at radius 1 is 1.24 bits per heavy atom. The van der Waals surface area contributed by atoms with Gasteiger partial charge in [-0.05, 0) is 63.7 Å². The van der Waals surface area contributed by atoms with Crippen molar-refractivity contribution in [3.63, 3.8) is 0 Å². The third kappa shape index (κ3) is 5.82. The molecule has 33 heavy (non-hydrogen) atoms. The first-order valence-electron chi connectivity index (χ1n) is 11.3. The number of amides is 1. The zero-order valence-corrected chi connectivity index (χ0v) is 20.0. The molecule has 8 nitrogen and oxygen atoms in total. The molecule has 3 aromatic rings. The molecule has 0 spiro atoms. The molecule has 1 aliphatic rings. The Morgan fingerprint density at radius 3 is 2.67 bits per heavy atom. The third-order valence-electron chi connectivity index (χ3n) is 6.38. The van der Waals surface area contributed by atoms with Crippen LogP contribution in [0.4, 0.5) is 5.82 Å². The minimum Gasteiger partial charge on any atom is -0.356 e. The zero-order valence-electron chi connectivity index (χ0n) is 19.2. The van der Waals surface area contributed by atoms with E-state index in [1.165, 1.54) is 0 Å². The summed E-state index contributed by atoms with van der Waals surface area (Å²) in [6.45, 7) is 2.37. The highest BCUT2D eigenvalue weighted by molar-refractivity contribution is 6.30. The van der Waals surface area contributed by atoms with E-state index in [0.29, 0.717) is 11.4 Å². The van der Waals surface area contributed by atoms with E-state index in [9.17, 15) is 4.79 Å². The summed E-state index contributed by atoms with van der Waals surface area (Å²) in [7, 11) is 4.06. The van der Waals surface area contributed by atoms with Gasteiger partial charge >= 0.3 is 0 Å². The molecule has 176 valence electrons. The smallest absolute Gasteiger partial charge is 0.222 e. The molecule has 1 fully saturated rings. The number of aromatic nitrogens is 3. The standard InChI is InChI=1S/C24H32ClN7O/c1-31(2)12-8-20(17-3-5-18(25)6-4-17)30-21(33)15-24(26)9-13-32(14-10-24)23-19-7-11-27-22(19)28-16-29-23/h3-7,11,16,20H,8-10,12-15,26H2,1-2H3,(H,30,33)(H,27,28,29). The van der Waals surface area contributed by atoms with Crippen molar-refractivity contribution in [1.82, 2.24) is 25.2 Å². The number of H-pyrrole nitrogens is 1. The van der Waals surface area contributed by atoms with E-state index in [1.807, 2.05) is 50.6 Å². The third-order valence-corrected chi connectivity index (χ3v) is 6.63. The molecule has 9 heteroatoms. The summed E-state index contributed by atoms with van der Waals surface area (Å²) in [5, 5.41) is 4.91. The van der Waals surface area contributed by atoms with Gasteiger partial charge in [0.05, 0.1) is 11.4 Å². The molecule has 4 rings (SSSR count). The van der Waals surface area contributed by atoms with Crippen molar-refractivity contribution in [2.24, 2.45) is 5.73 Å². The fourth-order valence-electron chi connectivity index (χ4n) is 4.42. The van der Waals surface area contributed by atoms with Gasteiger partial charge in [-0.1, -0.05) is 23.7 Å². The Kier molecular flexibility index (Phi) is 7.17. The summed E-state index contributed by atoms with van der Waals surface area (Å²) in [6, 6.07) is 9.59. The first kappa shape index (κ1) is 23.5. The fraction of sp³-hybridized carbons (Fsp3) is 0.458. The normalized spacial score (nSPS) is 16.8. The lowest BCUT2D eigenvalue weighted by molar-refractivity contribution is -0.123. The van der Waals surface area contributed by atoms with Gasteiger partial charge in [-0.3, -0.25) is 4.79 Å². The number of aromatic amines is 1. The summed E-state index contributed by atoms with van der Waals surface area (Å²) in [5.41, 5.74) is 8.05. The Hall–Kier alpha value is -2.68. The Bertz CT molecular complexity index is 1070. The molecule has 3 heterocycles. The summed E-state index contributed by atoms with van der Waals surface area (Å²) < 4.78 is 0. The summed E-state index contributed by atoms with van der Waals surface area (Å²) in [4.78, 5) is 29.3. The molecule has 2 aromatic heterocycles. The second kappa shape index (κ2) is 10.1. The van der Waals surface area contributed by atoms with Crippen molar-refractivity contribution in [3.05, 3.63) is 53.4 Å². The van der Waals surface area contributed by atoms with Gasteiger partial charge < -0.3 is 25.8 Å². The van der Waals surface area contributed by atoms with E-state index in [0.717, 1.165) is 61.3 Å². The first-order chi connectivity index (χ1) is 15.8. The van der Waals surface area contributed by atoms with Gasteiger partial charge in [-0.2, -0.15) is 0 Å². The predicted octanol–water partition coefficient (Wildman–Crippen LogP) is 3.11.